The molecule has 0 bridgehead atoms. The number of rotatable bonds is 8. The van der Waals surface area contributed by atoms with Crippen LogP contribution in [0.4, 0.5) is 0 Å². The first-order valence-corrected chi connectivity index (χ1v) is 7.38. The summed E-state index contributed by atoms with van der Waals surface area (Å²) in [4.78, 5) is 10.4. The van der Waals surface area contributed by atoms with Gasteiger partial charge in [0.1, 0.15) is 5.75 Å². The third kappa shape index (κ3) is 5.16. The minimum Gasteiger partial charge on any atom is -0.482 e. The van der Waals surface area contributed by atoms with E-state index in [1.165, 1.54) is 24.3 Å². The molecular weight excluding hydrogens is 286 g/mol. The van der Waals surface area contributed by atoms with Gasteiger partial charge < -0.3 is 14.9 Å². The number of carboxylic acids is 1. The van der Waals surface area contributed by atoms with Gasteiger partial charge in [0.05, 0.1) is 4.90 Å². The molecule has 1 atom stereocenters. The lowest BCUT2D eigenvalue weighted by Gasteiger charge is -2.11. The van der Waals surface area contributed by atoms with Crippen LogP contribution in [0.2, 0.25) is 0 Å². The van der Waals surface area contributed by atoms with Gasteiger partial charge in [0, 0.05) is 13.2 Å². The monoisotopic (exact) mass is 303 g/mol. The molecule has 0 aliphatic rings. The first-order chi connectivity index (χ1) is 9.35. The van der Waals surface area contributed by atoms with Gasteiger partial charge in [-0.1, -0.05) is 6.92 Å². The molecule has 1 aromatic rings. The van der Waals surface area contributed by atoms with E-state index >= 15 is 0 Å². The summed E-state index contributed by atoms with van der Waals surface area (Å²) in [5.74, 6) is -1.01. The highest BCUT2D eigenvalue weighted by Gasteiger charge is 2.15. The molecule has 0 fully saturated rings. The van der Waals surface area contributed by atoms with E-state index in [-0.39, 0.29) is 29.7 Å². The molecule has 0 amide bonds. The smallest absolute Gasteiger partial charge is 0.341 e. The fourth-order valence-corrected chi connectivity index (χ4v) is 2.42. The third-order valence-electron chi connectivity index (χ3n) is 2.43. The Hall–Kier alpha value is -1.64. The van der Waals surface area contributed by atoms with Gasteiger partial charge in [-0.2, -0.15) is 0 Å². The Labute approximate surface area is 117 Å². The molecule has 0 spiro atoms. The van der Waals surface area contributed by atoms with Gasteiger partial charge >= 0.3 is 5.97 Å². The van der Waals surface area contributed by atoms with Crippen molar-refractivity contribution in [1.82, 2.24) is 4.72 Å². The highest BCUT2D eigenvalue weighted by molar-refractivity contribution is 7.89. The maximum atomic E-state index is 11.9. The van der Waals surface area contributed by atoms with Crippen molar-refractivity contribution in [1.29, 1.82) is 0 Å². The van der Waals surface area contributed by atoms with Crippen molar-refractivity contribution in [3.63, 3.8) is 0 Å². The molecule has 0 radical (unpaired) electrons. The Kier molecular flexibility index (Phi) is 5.93. The number of aliphatic carboxylic acids is 1. The summed E-state index contributed by atoms with van der Waals surface area (Å²) >= 11 is 0. The van der Waals surface area contributed by atoms with E-state index in [0.717, 1.165) is 0 Å². The lowest BCUT2D eigenvalue weighted by atomic mass is 10.2. The van der Waals surface area contributed by atoms with Crippen LogP contribution in [0.1, 0.15) is 6.92 Å². The normalized spacial score (nSPS) is 12.9. The second kappa shape index (κ2) is 7.22. The van der Waals surface area contributed by atoms with Gasteiger partial charge in [-0.05, 0) is 30.2 Å². The van der Waals surface area contributed by atoms with Gasteiger partial charge in [0.25, 0.3) is 0 Å². The largest absolute Gasteiger partial charge is 0.482 e. The number of sulfonamides is 1. The first-order valence-electron chi connectivity index (χ1n) is 5.90. The number of hydrogen-bond donors (Lipinski definition) is 3. The zero-order chi connectivity index (χ0) is 15.2. The van der Waals surface area contributed by atoms with E-state index in [4.69, 9.17) is 14.9 Å². The number of carboxylic acid groups (broad SMARTS) is 1. The van der Waals surface area contributed by atoms with Crippen molar-refractivity contribution < 1.29 is 28.2 Å². The molecule has 8 heteroatoms. The van der Waals surface area contributed by atoms with Crippen LogP contribution in [-0.2, 0) is 14.8 Å². The second-order valence-corrected chi connectivity index (χ2v) is 6.06. The van der Waals surface area contributed by atoms with Crippen LogP contribution in [-0.4, -0.2) is 44.4 Å². The summed E-state index contributed by atoms with van der Waals surface area (Å²) in [5, 5.41) is 17.3. The SMILES string of the molecule is CC(CO)CNS(=O)(=O)c1ccc(OCC(=O)O)cc1. The molecular formula is C12H17NO6S. The quantitative estimate of drug-likeness (QED) is 0.626. The van der Waals surface area contributed by atoms with E-state index in [9.17, 15) is 13.2 Å². The zero-order valence-corrected chi connectivity index (χ0v) is 11.8. The molecule has 3 N–H and O–H groups in total. The average molecular weight is 303 g/mol. The minimum atomic E-state index is -3.65. The van der Waals surface area contributed by atoms with Crippen molar-refractivity contribution >= 4 is 16.0 Å². The molecule has 0 aliphatic carbocycles. The zero-order valence-electron chi connectivity index (χ0n) is 10.9. The molecule has 20 heavy (non-hydrogen) atoms. The standard InChI is InChI=1S/C12H17NO6S/c1-9(7-14)6-13-20(17,18)11-4-2-10(3-5-11)19-8-12(15)16/h2-5,9,13-14H,6-8H2,1H3,(H,15,16). The van der Waals surface area contributed by atoms with E-state index in [0.29, 0.717) is 0 Å². The van der Waals surface area contributed by atoms with Crippen molar-refractivity contribution in [3.05, 3.63) is 24.3 Å². The third-order valence-corrected chi connectivity index (χ3v) is 3.87. The van der Waals surface area contributed by atoms with Crippen molar-refractivity contribution in [2.75, 3.05) is 19.8 Å². The lowest BCUT2D eigenvalue weighted by molar-refractivity contribution is -0.139. The fourth-order valence-electron chi connectivity index (χ4n) is 1.26. The first kappa shape index (κ1) is 16.4. The summed E-state index contributed by atoms with van der Waals surface area (Å²) in [7, 11) is -3.65. The summed E-state index contributed by atoms with van der Waals surface area (Å²) < 4.78 is 31.1. The van der Waals surface area contributed by atoms with E-state index < -0.39 is 22.6 Å². The Balaban J connectivity index is 2.69. The predicted octanol–water partition coefficient (Wildman–Crippen LogP) is 0.0567. The lowest BCUT2D eigenvalue weighted by Crippen LogP contribution is -2.29. The van der Waals surface area contributed by atoms with Crippen LogP contribution in [0.25, 0.3) is 0 Å². The molecule has 112 valence electrons. The Bertz CT molecular complexity index is 540. The van der Waals surface area contributed by atoms with Gasteiger partial charge in [-0.25, -0.2) is 17.9 Å². The number of hydrogen-bond acceptors (Lipinski definition) is 5. The molecule has 7 nitrogen and oxygen atoms in total. The molecule has 0 heterocycles. The van der Waals surface area contributed by atoms with Crippen LogP contribution >= 0.6 is 0 Å². The van der Waals surface area contributed by atoms with Crippen molar-refractivity contribution in [2.45, 2.75) is 11.8 Å². The molecule has 1 rings (SSSR count). The maximum absolute atomic E-state index is 11.9. The molecule has 1 aromatic carbocycles. The Morgan fingerprint density at radius 3 is 2.45 bits per heavy atom. The maximum Gasteiger partial charge on any atom is 0.341 e. The number of nitrogens with one attached hydrogen (secondary N) is 1. The number of carbonyl (C=O) groups is 1. The van der Waals surface area contributed by atoms with Crippen LogP contribution in [0, 0.1) is 5.92 Å². The van der Waals surface area contributed by atoms with Gasteiger partial charge in [-0.3, -0.25) is 0 Å². The van der Waals surface area contributed by atoms with Gasteiger partial charge in [-0.15, -0.1) is 0 Å². The molecule has 0 aliphatic heterocycles. The van der Waals surface area contributed by atoms with Crippen molar-refractivity contribution in [2.24, 2.45) is 5.92 Å². The van der Waals surface area contributed by atoms with Crippen molar-refractivity contribution in [3.8, 4) is 5.75 Å². The fraction of sp³-hybridized carbons (Fsp3) is 0.417. The van der Waals surface area contributed by atoms with Crippen LogP contribution in [0.15, 0.2) is 29.2 Å². The highest BCUT2D eigenvalue weighted by Crippen LogP contribution is 2.15. The van der Waals surface area contributed by atoms with Crippen LogP contribution in [0.5, 0.6) is 5.75 Å². The van der Waals surface area contributed by atoms with Crippen LogP contribution in [0.3, 0.4) is 0 Å². The number of ether oxygens (including phenoxy) is 1. The molecule has 0 saturated heterocycles. The second-order valence-electron chi connectivity index (χ2n) is 4.29. The molecule has 0 aromatic heterocycles. The Morgan fingerprint density at radius 1 is 1.35 bits per heavy atom. The molecule has 1 unspecified atom stereocenters. The Morgan fingerprint density at radius 2 is 1.95 bits per heavy atom. The summed E-state index contributed by atoms with van der Waals surface area (Å²) in [6.07, 6.45) is 0. The summed E-state index contributed by atoms with van der Waals surface area (Å²) in [6.45, 7) is 1.25. The molecule has 0 saturated carbocycles. The van der Waals surface area contributed by atoms with E-state index in [1.54, 1.807) is 6.92 Å². The highest BCUT2D eigenvalue weighted by atomic mass is 32.2. The van der Waals surface area contributed by atoms with E-state index in [2.05, 4.69) is 4.72 Å². The summed E-state index contributed by atoms with van der Waals surface area (Å²) in [6, 6.07) is 5.41. The minimum absolute atomic E-state index is 0.0466. The van der Waals surface area contributed by atoms with E-state index in [1.807, 2.05) is 0 Å². The number of benzene rings is 1. The van der Waals surface area contributed by atoms with Crippen LogP contribution < -0.4 is 9.46 Å². The average Bonchev–Trinajstić information content (AvgIpc) is 2.43. The topological polar surface area (TPSA) is 113 Å². The van der Waals surface area contributed by atoms with Gasteiger partial charge in [0.2, 0.25) is 10.0 Å². The number of aliphatic hydroxyl groups excluding tert-OH is 1. The summed E-state index contributed by atoms with van der Waals surface area (Å²) in [5.41, 5.74) is 0. The number of aliphatic hydroxyl groups is 1. The van der Waals surface area contributed by atoms with Gasteiger partial charge in [0.15, 0.2) is 6.61 Å². The predicted molar refractivity (Wildman–Crippen MR) is 71.0 cm³/mol.